The summed E-state index contributed by atoms with van der Waals surface area (Å²) in [5.41, 5.74) is 6.78. The first-order valence-electron chi connectivity index (χ1n) is 14.4. The molecule has 1 heteroatoms. The van der Waals surface area contributed by atoms with Gasteiger partial charge in [-0.1, -0.05) is 116 Å². The van der Waals surface area contributed by atoms with Crippen LogP contribution in [0.15, 0.2) is 115 Å². The second-order valence-electron chi connectivity index (χ2n) is 11.3. The third kappa shape index (κ3) is 3.73. The summed E-state index contributed by atoms with van der Waals surface area (Å²) in [5.74, 6) is 0.901. The zero-order chi connectivity index (χ0) is 26.6. The molecule has 1 aromatic heterocycles. The van der Waals surface area contributed by atoms with Gasteiger partial charge in [0.25, 0.3) is 0 Å². The summed E-state index contributed by atoms with van der Waals surface area (Å²) in [6.45, 7) is 2.35. The van der Waals surface area contributed by atoms with Crippen LogP contribution in [0.3, 0.4) is 0 Å². The number of thiophene rings is 1. The fourth-order valence-electron chi connectivity index (χ4n) is 6.90. The number of allylic oxidation sites excluding steroid dienone is 4. The van der Waals surface area contributed by atoms with Crippen molar-refractivity contribution in [2.75, 3.05) is 0 Å². The predicted octanol–water partition coefficient (Wildman–Crippen LogP) is 9.74. The van der Waals surface area contributed by atoms with E-state index in [2.05, 4.69) is 134 Å². The summed E-state index contributed by atoms with van der Waals surface area (Å²) in [6, 6.07) is 33.9. The van der Waals surface area contributed by atoms with Crippen LogP contribution in [0.1, 0.15) is 31.2 Å². The molecule has 8 rings (SSSR count). The first-order valence-corrected chi connectivity index (χ1v) is 15.2. The van der Waals surface area contributed by atoms with Crippen molar-refractivity contribution in [1.29, 1.82) is 0 Å². The molecule has 5 aromatic carbocycles. The fourth-order valence-corrected chi connectivity index (χ4v) is 8.03. The van der Waals surface area contributed by atoms with Crippen LogP contribution in [0.2, 0.25) is 0 Å². The van der Waals surface area contributed by atoms with Crippen LogP contribution in [-0.2, 0) is 0 Å². The second-order valence-corrected chi connectivity index (χ2v) is 12.3. The number of fused-ring (bicyclic) bond motifs is 5. The number of hydrogen-bond acceptors (Lipinski definition) is 1. The van der Waals surface area contributed by atoms with Crippen molar-refractivity contribution < 1.29 is 0 Å². The monoisotopic (exact) mass is 530 g/mol. The smallest absolute Gasteiger partial charge is 0.0361 e. The Hall–Kier alpha value is -4.20. The lowest BCUT2D eigenvalue weighted by Gasteiger charge is -2.24. The maximum absolute atomic E-state index is 2.54. The van der Waals surface area contributed by atoms with E-state index < -0.39 is 0 Å². The third-order valence-corrected chi connectivity index (χ3v) is 9.84. The number of hydrogen-bond donors (Lipinski definition) is 0. The summed E-state index contributed by atoms with van der Waals surface area (Å²) in [6.07, 6.45) is 16.3. The van der Waals surface area contributed by atoms with Gasteiger partial charge in [-0.3, -0.25) is 0 Å². The highest BCUT2D eigenvalue weighted by molar-refractivity contribution is 7.25. The molecular weight excluding hydrogens is 500 g/mol. The SMILES string of the molecule is CC1C=c2c(C3C=CC=CC3)c3cc(-c4cccc5sc6ccccc6c45)ccc3c(-c3ccccc3)c2=CC1. The summed E-state index contributed by atoms with van der Waals surface area (Å²) >= 11 is 1.89. The van der Waals surface area contributed by atoms with Gasteiger partial charge < -0.3 is 0 Å². The molecule has 0 amide bonds. The molecule has 6 aromatic rings. The Balaban J connectivity index is 1.50. The fraction of sp³-hybridized carbons (Fsp3) is 0.128. The van der Waals surface area contributed by atoms with Gasteiger partial charge in [-0.05, 0) is 86.0 Å². The van der Waals surface area contributed by atoms with Gasteiger partial charge in [-0.15, -0.1) is 11.3 Å². The highest BCUT2D eigenvalue weighted by Crippen LogP contribution is 2.42. The summed E-state index contributed by atoms with van der Waals surface area (Å²) in [5, 5.41) is 8.31. The topological polar surface area (TPSA) is 0 Å². The Kier molecular flexibility index (Phi) is 5.60. The van der Waals surface area contributed by atoms with Gasteiger partial charge in [0.05, 0.1) is 0 Å². The standard InChI is InChI=1S/C39H30S/c1-25-19-21-30-33(23-25)38(27-13-6-3-7-14-27)34-24-28(20-22-31(34)37(30)26-11-4-2-5-12-26)29-16-10-18-36-39(29)32-15-8-9-17-35(32)40-36/h2-13,15-18,20-25,27H,14,19H2,1H3. The molecule has 0 fully saturated rings. The van der Waals surface area contributed by atoms with Gasteiger partial charge >= 0.3 is 0 Å². The third-order valence-electron chi connectivity index (χ3n) is 8.70. The van der Waals surface area contributed by atoms with Gasteiger partial charge in [-0.25, -0.2) is 0 Å². The Bertz CT molecular complexity index is 2120. The van der Waals surface area contributed by atoms with Crippen molar-refractivity contribution in [3.63, 3.8) is 0 Å². The van der Waals surface area contributed by atoms with Gasteiger partial charge in [0.1, 0.15) is 0 Å². The Morgan fingerprint density at radius 2 is 1.52 bits per heavy atom. The van der Waals surface area contributed by atoms with E-state index in [-0.39, 0.29) is 0 Å². The van der Waals surface area contributed by atoms with Crippen molar-refractivity contribution in [2.24, 2.45) is 5.92 Å². The molecule has 192 valence electrons. The van der Waals surface area contributed by atoms with Crippen LogP contribution in [0, 0.1) is 5.92 Å². The van der Waals surface area contributed by atoms with Crippen molar-refractivity contribution in [2.45, 2.75) is 25.7 Å². The minimum absolute atomic E-state index is 0.369. The second kappa shape index (κ2) is 9.47. The Morgan fingerprint density at radius 3 is 2.40 bits per heavy atom. The normalized spacial score (nSPS) is 18.1. The van der Waals surface area contributed by atoms with Gasteiger partial charge in [0.2, 0.25) is 0 Å². The Morgan fingerprint density at radius 1 is 0.675 bits per heavy atom. The molecule has 2 aliphatic carbocycles. The van der Waals surface area contributed by atoms with Crippen LogP contribution in [0.25, 0.3) is 65.4 Å². The zero-order valence-electron chi connectivity index (χ0n) is 22.6. The summed E-state index contributed by atoms with van der Waals surface area (Å²) in [7, 11) is 0. The average Bonchev–Trinajstić information content (AvgIpc) is 3.39. The lowest BCUT2D eigenvalue weighted by molar-refractivity contribution is 0.791. The van der Waals surface area contributed by atoms with Crippen LogP contribution in [-0.4, -0.2) is 0 Å². The van der Waals surface area contributed by atoms with Gasteiger partial charge in [-0.2, -0.15) is 0 Å². The minimum Gasteiger partial charge on any atom is -0.135 e. The van der Waals surface area contributed by atoms with E-state index in [9.17, 15) is 0 Å². The van der Waals surface area contributed by atoms with E-state index in [4.69, 9.17) is 0 Å². The molecule has 0 saturated carbocycles. The zero-order valence-corrected chi connectivity index (χ0v) is 23.4. The van der Waals surface area contributed by atoms with Gasteiger partial charge in [0, 0.05) is 26.1 Å². The van der Waals surface area contributed by atoms with Crippen molar-refractivity contribution in [3.8, 4) is 22.3 Å². The molecule has 2 aliphatic rings. The van der Waals surface area contributed by atoms with Gasteiger partial charge in [0.15, 0.2) is 0 Å². The van der Waals surface area contributed by atoms with E-state index in [1.807, 2.05) is 11.3 Å². The number of rotatable bonds is 3. The van der Waals surface area contributed by atoms with E-state index in [0.717, 1.165) is 12.8 Å². The number of benzene rings is 5. The quantitative estimate of drug-likeness (QED) is 0.214. The van der Waals surface area contributed by atoms with Crippen molar-refractivity contribution >= 4 is 54.4 Å². The van der Waals surface area contributed by atoms with Crippen LogP contribution < -0.4 is 10.4 Å². The molecule has 0 bridgehead atoms. The molecule has 2 atom stereocenters. The molecule has 0 nitrogen and oxygen atoms in total. The summed E-state index contributed by atoms with van der Waals surface area (Å²) < 4.78 is 2.71. The first kappa shape index (κ1) is 23.7. The van der Waals surface area contributed by atoms with Crippen molar-refractivity contribution in [1.82, 2.24) is 0 Å². The van der Waals surface area contributed by atoms with Crippen LogP contribution in [0.5, 0.6) is 0 Å². The minimum atomic E-state index is 0.369. The average molecular weight is 531 g/mol. The molecule has 0 N–H and O–H groups in total. The first-order chi connectivity index (χ1) is 19.8. The molecule has 40 heavy (non-hydrogen) atoms. The Labute approximate surface area is 238 Å². The summed E-state index contributed by atoms with van der Waals surface area (Å²) in [4.78, 5) is 0. The van der Waals surface area contributed by atoms with Crippen molar-refractivity contribution in [3.05, 3.63) is 131 Å². The molecular formula is C39H30S. The van der Waals surface area contributed by atoms with E-state index >= 15 is 0 Å². The largest absolute Gasteiger partial charge is 0.135 e. The molecule has 0 radical (unpaired) electrons. The van der Waals surface area contributed by atoms with E-state index in [0.29, 0.717) is 11.8 Å². The maximum atomic E-state index is 2.54. The molecule has 2 unspecified atom stereocenters. The molecule has 0 saturated heterocycles. The molecule has 0 spiro atoms. The molecule has 1 heterocycles. The van der Waals surface area contributed by atoms with E-state index in [1.165, 1.54) is 69.2 Å². The highest BCUT2D eigenvalue weighted by Gasteiger charge is 2.22. The lowest BCUT2D eigenvalue weighted by Crippen LogP contribution is -2.35. The highest BCUT2D eigenvalue weighted by atomic mass is 32.1. The van der Waals surface area contributed by atoms with Crippen LogP contribution >= 0.6 is 11.3 Å². The molecule has 0 aliphatic heterocycles. The predicted molar refractivity (Wildman–Crippen MR) is 175 cm³/mol. The lowest BCUT2D eigenvalue weighted by atomic mass is 9.80. The van der Waals surface area contributed by atoms with E-state index in [1.54, 1.807) is 0 Å². The van der Waals surface area contributed by atoms with Crippen LogP contribution in [0.4, 0.5) is 0 Å². The maximum Gasteiger partial charge on any atom is 0.0361 e.